The molecule has 0 radical (unpaired) electrons. The number of alkyl carbamates (subject to hydrolysis) is 1. The Balaban J connectivity index is 2.93. The topological polar surface area (TPSA) is 82.4 Å². The molecule has 2 amide bonds. The molecule has 1 fully saturated rings. The van der Waals surface area contributed by atoms with Crippen molar-refractivity contribution < 1.29 is 18.7 Å². The van der Waals surface area contributed by atoms with Crippen LogP contribution in [0, 0.1) is 16.7 Å². The Kier molecular flexibility index (Phi) is 5.62. The Labute approximate surface area is 137 Å². The van der Waals surface area contributed by atoms with E-state index in [4.69, 9.17) is 10.00 Å². The van der Waals surface area contributed by atoms with Crippen molar-refractivity contribution in [2.45, 2.75) is 71.8 Å². The second-order valence-corrected chi connectivity index (χ2v) is 7.91. The summed E-state index contributed by atoms with van der Waals surface area (Å²) in [5.41, 5.74) is -1.30. The van der Waals surface area contributed by atoms with Crippen LogP contribution in [0.5, 0.6) is 0 Å². The van der Waals surface area contributed by atoms with Crippen molar-refractivity contribution in [2.75, 3.05) is 6.54 Å². The molecule has 0 bridgehead atoms. The van der Waals surface area contributed by atoms with Crippen LogP contribution in [0.2, 0.25) is 0 Å². The highest BCUT2D eigenvalue weighted by molar-refractivity contribution is 5.87. The normalized spacial score (nSPS) is 23.1. The highest BCUT2D eigenvalue weighted by atomic mass is 19.1. The lowest BCUT2D eigenvalue weighted by molar-refractivity contribution is -0.136. The molecular formula is C16H26FN3O3. The van der Waals surface area contributed by atoms with Crippen molar-refractivity contribution in [3.05, 3.63) is 0 Å². The molecule has 1 aliphatic rings. The van der Waals surface area contributed by atoms with Crippen LogP contribution in [0.15, 0.2) is 0 Å². The molecule has 0 aromatic rings. The fourth-order valence-electron chi connectivity index (χ4n) is 2.39. The van der Waals surface area contributed by atoms with Crippen molar-refractivity contribution in [3.8, 4) is 6.07 Å². The minimum Gasteiger partial charge on any atom is -0.444 e. The Hall–Kier alpha value is -1.84. The number of rotatable bonds is 2. The van der Waals surface area contributed by atoms with E-state index < -0.39 is 41.3 Å². The van der Waals surface area contributed by atoms with E-state index in [1.165, 1.54) is 4.90 Å². The average molecular weight is 327 g/mol. The molecule has 130 valence electrons. The Morgan fingerprint density at radius 2 is 1.87 bits per heavy atom. The maximum atomic E-state index is 13.6. The number of ether oxygens (including phenoxy) is 1. The van der Waals surface area contributed by atoms with Gasteiger partial charge in [-0.05, 0) is 26.2 Å². The molecular weight excluding hydrogens is 301 g/mol. The van der Waals surface area contributed by atoms with Crippen LogP contribution >= 0.6 is 0 Å². The molecule has 1 N–H and O–H groups in total. The van der Waals surface area contributed by atoms with Crippen LogP contribution in [0.4, 0.5) is 9.18 Å². The summed E-state index contributed by atoms with van der Waals surface area (Å²) in [7, 11) is 0. The van der Waals surface area contributed by atoms with Gasteiger partial charge in [-0.3, -0.25) is 4.79 Å². The predicted octanol–water partition coefficient (Wildman–Crippen LogP) is 2.39. The molecule has 0 spiro atoms. The van der Waals surface area contributed by atoms with Crippen molar-refractivity contribution in [3.63, 3.8) is 0 Å². The Morgan fingerprint density at radius 1 is 1.30 bits per heavy atom. The van der Waals surface area contributed by atoms with Crippen molar-refractivity contribution in [2.24, 2.45) is 5.41 Å². The number of nitrogens with zero attached hydrogens (tertiary/aromatic N) is 2. The van der Waals surface area contributed by atoms with Crippen LogP contribution < -0.4 is 5.32 Å². The number of carbonyl (C=O) groups excluding carboxylic acids is 2. The van der Waals surface area contributed by atoms with Gasteiger partial charge in [0.2, 0.25) is 5.91 Å². The van der Waals surface area contributed by atoms with Gasteiger partial charge >= 0.3 is 6.09 Å². The van der Waals surface area contributed by atoms with Gasteiger partial charge in [-0.2, -0.15) is 5.26 Å². The minimum absolute atomic E-state index is 0.00550. The van der Waals surface area contributed by atoms with Gasteiger partial charge in [0.15, 0.2) is 0 Å². The van der Waals surface area contributed by atoms with E-state index in [0.29, 0.717) is 0 Å². The fourth-order valence-corrected chi connectivity index (χ4v) is 2.39. The number of likely N-dealkylation sites (tertiary alicyclic amines) is 1. The number of nitriles is 1. The fraction of sp³-hybridized carbons (Fsp3) is 0.812. The predicted molar refractivity (Wildman–Crippen MR) is 83.2 cm³/mol. The van der Waals surface area contributed by atoms with Crippen LogP contribution in [-0.2, 0) is 9.53 Å². The average Bonchev–Trinajstić information content (AvgIpc) is 2.73. The second-order valence-electron chi connectivity index (χ2n) is 7.91. The molecule has 6 nitrogen and oxygen atoms in total. The van der Waals surface area contributed by atoms with Gasteiger partial charge in [0.25, 0.3) is 0 Å². The van der Waals surface area contributed by atoms with Crippen LogP contribution in [-0.4, -0.2) is 47.3 Å². The van der Waals surface area contributed by atoms with Gasteiger partial charge in [0.1, 0.15) is 23.9 Å². The smallest absolute Gasteiger partial charge is 0.408 e. The van der Waals surface area contributed by atoms with Gasteiger partial charge in [-0.1, -0.05) is 20.8 Å². The zero-order chi connectivity index (χ0) is 18.0. The first-order valence-electron chi connectivity index (χ1n) is 7.69. The summed E-state index contributed by atoms with van der Waals surface area (Å²) in [6.45, 7) is 10.4. The van der Waals surface area contributed by atoms with Gasteiger partial charge in [0.05, 0.1) is 12.6 Å². The maximum Gasteiger partial charge on any atom is 0.408 e. The van der Waals surface area contributed by atoms with E-state index in [2.05, 4.69) is 5.32 Å². The van der Waals surface area contributed by atoms with Crippen molar-refractivity contribution in [1.82, 2.24) is 10.2 Å². The largest absolute Gasteiger partial charge is 0.444 e. The highest BCUT2D eigenvalue weighted by Gasteiger charge is 2.43. The number of hydrogen-bond donors (Lipinski definition) is 1. The van der Waals surface area contributed by atoms with E-state index in [1.54, 1.807) is 41.5 Å². The highest BCUT2D eigenvalue weighted by Crippen LogP contribution is 2.27. The van der Waals surface area contributed by atoms with Crippen LogP contribution in [0.1, 0.15) is 48.0 Å². The number of hydrogen-bond acceptors (Lipinski definition) is 4. The van der Waals surface area contributed by atoms with Crippen molar-refractivity contribution in [1.29, 1.82) is 5.26 Å². The standard InChI is InChI=1S/C16H26FN3O3/c1-15(2,3)12(19-14(22)23-16(4,5)6)13(21)20-9-10(17)7-11(20)8-18/h10-12H,7,9H2,1-6H3,(H,19,22)/t10-,11-,12+/m0/s1. The van der Waals surface area contributed by atoms with E-state index in [0.717, 1.165) is 0 Å². The zero-order valence-electron chi connectivity index (χ0n) is 14.6. The molecule has 3 atom stereocenters. The summed E-state index contributed by atoms with van der Waals surface area (Å²) >= 11 is 0. The summed E-state index contributed by atoms with van der Waals surface area (Å²) in [4.78, 5) is 26.0. The van der Waals surface area contributed by atoms with Crippen molar-refractivity contribution >= 4 is 12.0 Å². The minimum atomic E-state index is -1.22. The zero-order valence-corrected chi connectivity index (χ0v) is 14.6. The van der Waals surface area contributed by atoms with Gasteiger partial charge < -0.3 is 15.0 Å². The summed E-state index contributed by atoms with van der Waals surface area (Å²) < 4.78 is 18.7. The third-order valence-corrected chi connectivity index (χ3v) is 3.46. The Morgan fingerprint density at radius 3 is 2.30 bits per heavy atom. The van der Waals surface area contributed by atoms with Crippen LogP contribution in [0.3, 0.4) is 0 Å². The number of alkyl halides is 1. The van der Waals surface area contributed by atoms with Crippen LogP contribution in [0.25, 0.3) is 0 Å². The molecule has 0 aliphatic carbocycles. The number of carbonyl (C=O) groups is 2. The molecule has 1 aliphatic heterocycles. The third-order valence-electron chi connectivity index (χ3n) is 3.46. The molecule has 0 saturated carbocycles. The molecule has 23 heavy (non-hydrogen) atoms. The monoisotopic (exact) mass is 327 g/mol. The van der Waals surface area contributed by atoms with Gasteiger partial charge in [-0.25, -0.2) is 9.18 Å². The van der Waals surface area contributed by atoms with Gasteiger partial charge in [-0.15, -0.1) is 0 Å². The summed E-state index contributed by atoms with van der Waals surface area (Å²) in [5, 5.41) is 11.7. The lowest BCUT2D eigenvalue weighted by atomic mass is 9.85. The summed E-state index contributed by atoms with van der Waals surface area (Å²) in [6.07, 6.45) is -1.92. The van der Waals surface area contributed by atoms with E-state index in [1.807, 2.05) is 6.07 Å². The summed E-state index contributed by atoms with van der Waals surface area (Å²) in [6, 6.07) is 0.237. The molecule has 1 saturated heterocycles. The number of nitrogens with one attached hydrogen (secondary N) is 1. The third kappa shape index (κ3) is 5.38. The number of halogens is 1. The number of amides is 2. The SMILES string of the molecule is CC(C)(C)OC(=O)N[C@H](C(=O)N1C[C@@H](F)C[C@H]1C#N)C(C)(C)C. The lowest BCUT2D eigenvalue weighted by Crippen LogP contribution is -2.56. The lowest BCUT2D eigenvalue weighted by Gasteiger charge is -2.34. The van der Waals surface area contributed by atoms with E-state index >= 15 is 0 Å². The maximum absolute atomic E-state index is 13.6. The quantitative estimate of drug-likeness (QED) is 0.844. The molecule has 7 heteroatoms. The molecule has 1 rings (SSSR count). The van der Waals surface area contributed by atoms with E-state index in [-0.39, 0.29) is 13.0 Å². The van der Waals surface area contributed by atoms with Gasteiger partial charge in [0, 0.05) is 6.42 Å². The second kappa shape index (κ2) is 6.73. The van der Waals surface area contributed by atoms with E-state index in [9.17, 15) is 14.0 Å². The molecule has 0 aromatic carbocycles. The first kappa shape index (κ1) is 19.2. The first-order valence-corrected chi connectivity index (χ1v) is 7.69. The first-order chi connectivity index (χ1) is 10.3. The summed E-state index contributed by atoms with van der Waals surface area (Å²) in [5.74, 6) is -0.463. The molecule has 1 heterocycles. The molecule has 0 unspecified atom stereocenters. The molecule has 0 aromatic heterocycles. The Bertz CT molecular complexity index is 502.